The first-order chi connectivity index (χ1) is 9.30. The fourth-order valence-corrected chi connectivity index (χ4v) is 2.10. The number of rotatable bonds is 3. The van der Waals surface area contributed by atoms with Crippen molar-refractivity contribution in [1.29, 1.82) is 0 Å². The quantitative estimate of drug-likeness (QED) is 0.776. The van der Waals surface area contributed by atoms with Crippen LogP contribution in [0.5, 0.6) is 0 Å². The minimum atomic E-state index is 0.549. The fraction of sp³-hybridized carbons (Fsp3) is 0.188. The molecule has 3 rings (SSSR count). The lowest BCUT2D eigenvalue weighted by molar-refractivity contribution is 0.620. The Morgan fingerprint density at radius 1 is 1.05 bits per heavy atom. The van der Waals surface area contributed by atoms with Crippen molar-refractivity contribution in [3.63, 3.8) is 0 Å². The summed E-state index contributed by atoms with van der Waals surface area (Å²) in [6, 6.07) is 14.1. The van der Waals surface area contributed by atoms with E-state index in [9.17, 15) is 0 Å². The molecule has 2 aromatic carbocycles. The van der Waals surface area contributed by atoms with Crippen LogP contribution in [0.2, 0.25) is 0 Å². The predicted molar refractivity (Wildman–Crippen MR) is 76.7 cm³/mol. The lowest BCUT2D eigenvalue weighted by Crippen LogP contribution is -1.95. The van der Waals surface area contributed by atoms with Gasteiger partial charge in [0.25, 0.3) is 0 Å². The third kappa shape index (κ3) is 2.25. The largest absolute Gasteiger partial charge is 0.436 e. The average Bonchev–Trinajstić information content (AvgIpc) is 2.90. The monoisotopic (exact) mass is 252 g/mol. The van der Waals surface area contributed by atoms with Crippen molar-refractivity contribution in [2.75, 3.05) is 0 Å². The van der Waals surface area contributed by atoms with E-state index < -0.39 is 0 Å². The van der Waals surface area contributed by atoms with Gasteiger partial charge in [0, 0.05) is 12.1 Å². The molecular formula is C16H16N2O. The number of aryl methyl sites for hydroxylation is 1. The standard InChI is InChI=1S/C16H16N2O/c1-2-11-5-8-15-14(9-11)18-16(19-15)13-6-3-12(10-17)4-7-13/h3-9H,2,10,17H2,1H3. The summed E-state index contributed by atoms with van der Waals surface area (Å²) in [6.07, 6.45) is 1.00. The maximum Gasteiger partial charge on any atom is 0.227 e. The van der Waals surface area contributed by atoms with E-state index in [1.807, 2.05) is 30.3 Å². The predicted octanol–water partition coefficient (Wildman–Crippen LogP) is 3.52. The molecule has 0 fully saturated rings. The van der Waals surface area contributed by atoms with Gasteiger partial charge in [-0.3, -0.25) is 0 Å². The van der Waals surface area contributed by atoms with Crippen LogP contribution in [0.4, 0.5) is 0 Å². The van der Waals surface area contributed by atoms with Gasteiger partial charge in [0.05, 0.1) is 0 Å². The van der Waals surface area contributed by atoms with Crippen LogP contribution in [0.3, 0.4) is 0 Å². The van der Waals surface area contributed by atoms with Crippen molar-refractivity contribution in [2.45, 2.75) is 19.9 Å². The highest BCUT2D eigenvalue weighted by Crippen LogP contribution is 2.25. The van der Waals surface area contributed by atoms with Crippen LogP contribution in [0.1, 0.15) is 18.1 Å². The molecule has 3 heteroatoms. The molecule has 0 radical (unpaired) electrons. The van der Waals surface area contributed by atoms with Gasteiger partial charge in [-0.15, -0.1) is 0 Å². The number of nitrogens with zero attached hydrogens (tertiary/aromatic N) is 1. The zero-order valence-corrected chi connectivity index (χ0v) is 10.9. The highest BCUT2D eigenvalue weighted by molar-refractivity contribution is 5.76. The Hall–Kier alpha value is -2.13. The van der Waals surface area contributed by atoms with Crippen molar-refractivity contribution >= 4 is 11.1 Å². The maximum atomic E-state index is 5.78. The van der Waals surface area contributed by atoms with Crippen LogP contribution in [0.15, 0.2) is 46.9 Å². The van der Waals surface area contributed by atoms with Gasteiger partial charge in [-0.05, 0) is 41.8 Å². The molecule has 0 aliphatic heterocycles. The van der Waals surface area contributed by atoms with E-state index in [4.69, 9.17) is 10.2 Å². The van der Waals surface area contributed by atoms with Crippen molar-refractivity contribution in [3.8, 4) is 11.5 Å². The van der Waals surface area contributed by atoms with E-state index in [1.165, 1.54) is 5.56 Å². The van der Waals surface area contributed by atoms with Gasteiger partial charge in [0.1, 0.15) is 5.52 Å². The molecule has 0 saturated heterocycles. The Kier molecular flexibility index (Phi) is 3.05. The lowest BCUT2D eigenvalue weighted by atomic mass is 10.1. The van der Waals surface area contributed by atoms with Crippen LogP contribution in [-0.4, -0.2) is 4.98 Å². The van der Waals surface area contributed by atoms with Crippen molar-refractivity contribution in [3.05, 3.63) is 53.6 Å². The minimum Gasteiger partial charge on any atom is -0.436 e. The topological polar surface area (TPSA) is 52.0 Å². The molecule has 1 heterocycles. The molecule has 2 N–H and O–H groups in total. The van der Waals surface area contributed by atoms with E-state index in [0.717, 1.165) is 28.6 Å². The SMILES string of the molecule is CCc1ccc2oc(-c3ccc(CN)cc3)nc2c1. The zero-order chi connectivity index (χ0) is 13.2. The summed E-state index contributed by atoms with van der Waals surface area (Å²) in [5.74, 6) is 0.659. The summed E-state index contributed by atoms with van der Waals surface area (Å²) < 4.78 is 5.78. The first-order valence-electron chi connectivity index (χ1n) is 6.49. The van der Waals surface area contributed by atoms with Gasteiger partial charge in [-0.2, -0.15) is 0 Å². The summed E-state index contributed by atoms with van der Waals surface area (Å²) in [6.45, 7) is 2.68. The van der Waals surface area contributed by atoms with Crippen LogP contribution < -0.4 is 5.73 Å². The molecule has 0 unspecified atom stereocenters. The normalized spacial score (nSPS) is 11.1. The molecule has 0 amide bonds. The number of hydrogen-bond acceptors (Lipinski definition) is 3. The third-order valence-corrected chi connectivity index (χ3v) is 3.30. The molecule has 0 spiro atoms. The van der Waals surface area contributed by atoms with E-state index in [1.54, 1.807) is 0 Å². The summed E-state index contributed by atoms with van der Waals surface area (Å²) in [5, 5.41) is 0. The van der Waals surface area contributed by atoms with Gasteiger partial charge in [0.15, 0.2) is 5.58 Å². The van der Waals surface area contributed by atoms with Gasteiger partial charge >= 0.3 is 0 Å². The summed E-state index contributed by atoms with van der Waals surface area (Å²) in [7, 11) is 0. The summed E-state index contributed by atoms with van der Waals surface area (Å²) in [4.78, 5) is 4.55. The minimum absolute atomic E-state index is 0.549. The molecule has 0 saturated carbocycles. The van der Waals surface area contributed by atoms with Gasteiger partial charge in [-0.25, -0.2) is 4.98 Å². The Labute approximate surface area is 112 Å². The van der Waals surface area contributed by atoms with Crippen LogP contribution >= 0.6 is 0 Å². The molecule has 0 aliphatic rings. The second kappa shape index (κ2) is 4.86. The molecular weight excluding hydrogens is 236 g/mol. The van der Waals surface area contributed by atoms with Crippen molar-refractivity contribution < 1.29 is 4.42 Å². The Morgan fingerprint density at radius 3 is 2.47 bits per heavy atom. The number of nitrogens with two attached hydrogens (primary N) is 1. The second-order valence-electron chi connectivity index (χ2n) is 4.58. The molecule has 1 aromatic heterocycles. The Bertz CT molecular complexity index is 698. The van der Waals surface area contributed by atoms with Gasteiger partial charge < -0.3 is 10.2 Å². The molecule has 0 aliphatic carbocycles. The van der Waals surface area contributed by atoms with Gasteiger partial charge in [-0.1, -0.05) is 25.1 Å². The average molecular weight is 252 g/mol. The van der Waals surface area contributed by atoms with E-state index in [-0.39, 0.29) is 0 Å². The van der Waals surface area contributed by atoms with Gasteiger partial charge in [0.2, 0.25) is 5.89 Å². The van der Waals surface area contributed by atoms with Crippen molar-refractivity contribution in [2.24, 2.45) is 5.73 Å². The van der Waals surface area contributed by atoms with Crippen molar-refractivity contribution in [1.82, 2.24) is 4.98 Å². The second-order valence-corrected chi connectivity index (χ2v) is 4.58. The van der Waals surface area contributed by atoms with E-state index in [2.05, 4.69) is 24.0 Å². The number of aromatic nitrogens is 1. The molecule has 3 nitrogen and oxygen atoms in total. The summed E-state index contributed by atoms with van der Waals surface area (Å²) >= 11 is 0. The zero-order valence-electron chi connectivity index (χ0n) is 10.9. The fourth-order valence-electron chi connectivity index (χ4n) is 2.10. The summed E-state index contributed by atoms with van der Waals surface area (Å²) in [5.41, 5.74) is 10.7. The highest BCUT2D eigenvalue weighted by atomic mass is 16.3. The Morgan fingerprint density at radius 2 is 1.79 bits per heavy atom. The number of fused-ring (bicyclic) bond motifs is 1. The smallest absolute Gasteiger partial charge is 0.227 e. The highest BCUT2D eigenvalue weighted by Gasteiger charge is 2.08. The number of hydrogen-bond donors (Lipinski definition) is 1. The maximum absolute atomic E-state index is 5.78. The first kappa shape index (κ1) is 11.9. The molecule has 3 aromatic rings. The van der Waals surface area contributed by atoms with E-state index in [0.29, 0.717) is 12.4 Å². The van der Waals surface area contributed by atoms with E-state index >= 15 is 0 Å². The van der Waals surface area contributed by atoms with Crippen LogP contribution in [-0.2, 0) is 13.0 Å². The molecule has 19 heavy (non-hydrogen) atoms. The first-order valence-corrected chi connectivity index (χ1v) is 6.49. The van der Waals surface area contributed by atoms with Crippen LogP contribution in [0.25, 0.3) is 22.6 Å². The number of oxazole rings is 1. The third-order valence-electron chi connectivity index (χ3n) is 3.30. The molecule has 0 atom stereocenters. The van der Waals surface area contributed by atoms with Crippen LogP contribution in [0, 0.1) is 0 Å². The lowest BCUT2D eigenvalue weighted by Gasteiger charge is -1.97. The molecule has 0 bridgehead atoms. The molecule has 96 valence electrons. The number of benzene rings is 2. The Balaban J connectivity index is 2.04.